The standard InChI is InChI=1S/C30H34O18/c31-9-18-22(37)24(39)26(41)30(47-18)46-17-7-14-15(44-28(17)11-1-3-12(32)4-2-11)5-13(33)6-16(14)45-29-27(42)25(40)23(38)19(48-29)10-43-21(36)8-20(34)35/h1-7,18-19,22-33,37-42H,8-10H2,(H,34,35)/t18-,19-,22-,23-,24+,25+,26+,27-,28?,29-,30-/m1/s1. The molecule has 0 bridgehead atoms. The van der Waals surface area contributed by atoms with Crippen molar-refractivity contribution in [3.63, 3.8) is 0 Å². The van der Waals surface area contributed by atoms with Crippen LogP contribution in [-0.2, 0) is 28.5 Å². The lowest BCUT2D eigenvalue weighted by Gasteiger charge is -2.41. The first-order valence-corrected chi connectivity index (χ1v) is 14.5. The Bertz CT molecular complexity index is 1490. The van der Waals surface area contributed by atoms with Gasteiger partial charge in [-0.15, -0.1) is 0 Å². The molecule has 0 amide bonds. The zero-order chi connectivity index (χ0) is 34.9. The average Bonchev–Trinajstić information content (AvgIpc) is 3.04. The van der Waals surface area contributed by atoms with E-state index in [4.69, 9.17) is 33.5 Å². The predicted molar refractivity (Wildman–Crippen MR) is 153 cm³/mol. The lowest BCUT2D eigenvalue weighted by molar-refractivity contribution is -0.293. The number of ether oxygens (including phenoxy) is 6. The highest BCUT2D eigenvalue weighted by atomic mass is 16.7. The quantitative estimate of drug-likeness (QED) is 0.0922. The van der Waals surface area contributed by atoms with Crippen molar-refractivity contribution in [2.45, 2.75) is 73.9 Å². The Hall–Kier alpha value is -4.24. The molecule has 3 aliphatic rings. The van der Waals surface area contributed by atoms with Crippen LogP contribution in [0.4, 0.5) is 0 Å². The number of aliphatic carboxylic acids is 1. The largest absolute Gasteiger partial charge is 0.508 e. The van der Waals surface area contributed by atoms with Crippen LogP contribution >= 0.6 is 0 Å². The third kappa shape index (κ3) is 7.41. The number of aliphatic hydroxyl groups excluding tert-OH is 7. The molecule has 18 nitrogen and oxygen atoms in total. The summed E-state index contributed by atoms with van der Waals surface area (Å²) in [6.45, 7) is -1.45. The van der Waals surface area contributed by atoms with Gasteiger partial charge in [0.2, 0.25) is 12.6 Å². The van der Waals surface area contributed by atoms with E-state index in [0.717, 1.165) is 6.07 Å². The number of carboxylic acids is 1. The topological polar surface area (TPSA) is 292 Å². The van der Waals surface area contributed by atoms with Crippen molar-refractivity contribution in [3.8, 4) is 23.0 Å². The summed E-state index contributed by atoms with van der Waals surface area (Å²) >= 11 is 0. The monoisotopic (exact) mass is 682 g/mol. The Kier molecular flexibility index (Phi) is 10.6. The molecule has 48 heavy (non-hydrogen) atoms. The number of aromatic hydroxyl groups is 2. The Morgan fingerprint density at radius 3 is 1.98 bits per heavy atom. The highest BCUT2D eigenvalue weighted by Crippen LogP contribution is 2.45. The molecule has 11 atom stereocenters. The van der Waals surface area contributed by atoms with Crippen molar-refractivity contribution in [3.05, 3.63) is 53.3 Å². The minimum atomic E-state index is -1.90. The molecule has 3 heterocycles. The first-order valence-electron chi connectivity index (χ1n) is 14.5. The molecule has 0 saturated carbocycles. The number of benzene rings is 2. The maximum absolute atomic E-state index is 11.7. The van der Waals surface area contributed by atoms with Crippen molar-refractivity contribution in [1.82, 2.24) is 0 Å². The number of rotatable bonds is 10. The van der Waals surface area contributed by atoms with Crippen LogP contribution in [0.25, 0.3) is 6.08 Å². The van der Waals surface area contributed by atoms with Gasteiger partial charge in [-0.05, 0) is 18.2 Å². The zero-order valence-electron chi connectivity index (χ0n) is 24.8. The fourth-order valence-corrected chi connectivity index (χ4v) is 5.23. The lowest BCUT2D eigenvalue weighted by atomic mass is 9.98. The lowest BCUT2D eigenvalue weighted by Crippen LogP contribution is -2.60. The number of phenolic OH excluding ortho intramolecular Hbond substituents is 2. The fraction of sp³-hybridized carbons (Fsp3) is 0.467. The number of aliphatic hydroxyl groups is 7. The van der Waals surface area contributed by atoms with Crippen LogP contribution in [0.5, 0.6) is 23.0 Å². The molecule has 0 spiro atoms. The Morgan fingerprint density at radius 2 is 1.35 bits per heavy atom. The normalized spacial score (nSPS) is 33.1. The second-order valence-electron chi connectivity index (χ2n) is 11.2. The summed E-state index contributed by atoms with van der Waals surface area (Å²) < 4.78 is 33.7. The first-order chi connectivity index (χ1) is 22.8. The van der Waals surface area contributed by atoms with Gasteiger partial charge >= 0.3 is 11.9 Å². The van der Waals surface area contributed by atoms with Crippen LogP contribution in [-0.4, -0.2) is 138 Å². The number of carboxylic acid groups (broad SMARTS) is 1. The van der Waals surface area contributed by atoms with Crippen LogP contribution in [0.15, 0.2) is 42.2 Å². The molecule has 0 radical (unpaired) electrons. The predicted octanol–water partition coefficient (Wildman–Crippen LogP) is -2.41. The van der Waals surface area contributed by atoms with Gasteiger partial charge in [-0.3, -0.25) is 9.59 Å². The first kappa shape index (κ1) is 35.1. The van der Waals surface area contributed by atoms with E-state index in [1.54, 1.807) is 0 Å². The summed E-state index contributed by atoms with van der Waals surface area (Å²) in [4.78, 5) is 22.5. The molecule has 0 aromatic heterocycles. The number of carbonyl (C=O) groups is 2. The second-order valence-corrected chi connectivity index (χ2v) is 11.2. The molecule has 2 aromatic rings. The van der Waals surface area contributed by atoms with Crippen molar-refractivity contribution >= 4 is 18.0 Å². The molecule has 10 N–H and O–H groups in total. The zero-order valence-corrected chi connectivity index (χ0v) is 24.8. The maximum atomic E-state index is 11.7. The average molecular weight is 683 g/mol. The molecule has 2 fully saturated rings. The third-order valence-corrected chi connectivity index (χ3v) is 7.79. The van der Waals surface area contributed by atoms with Crippen molar-refractivity contribution < 1.29 is 89.1 Å². The smallest absolute Gasteiger partial charge is 0.317 e. The van der Waals surface area contributed by atoms with Crippen LogP contribution in [0.2, 0.25) is 0 Å². The second kappa shape index (κ2) is 14.5. The maximum Gasteiger partial charge on any atom is 0.317 e. The van der Waals surface area contributed by atoms with E-state index in [9.17, 15) is 55.5 Å². The Morgan fingerprint density at radius 1 is 0.750 bits per heavy atom. The Balaban J connectivity index is 1.46. The van der Waals surface area contributed by atoms with Crippen LogP contribution in [0, 0.1) is 0 Å². The molecule has 262 valence electrons. The van der Waals surface area contributed by atoms with Crippen molar-refractivity contribution in [2.75, 3.05) is 13.2 Å². The van der Waals surface area contributed by atoms with Crippen molar-refractivity contribution in [2.24, 2.45) is 0 Å². The number of phenols is 2. The van der Waals surface area contributed by atoms with E-state index in [1.807, 2.05) is 0 Å². The SMILES string of the molecule is O=C(O)CC(=O)OC[C@H]1O[C@@H](Oc2cc(O)cc3c2C=C(O[C@@H]2O[C@H](CO)[C@@H](O)[C@H](O)[C@@H]2O)C(c2ccc(O)cc2)O3)[C@H](O)[C@@H](O)[C@@H]1O. The van der Waals surface area contributed by atoms with Gasteiger partial charge in [0.15, 0.2) is 6.10 Å². The molecular weight excluding hydrogens is 648 g/mol. The molecular formula is C30H34O18. The van der Waals surface area contributed by atoms with E-state index in [2.05, 4.69) is 0 Å². The summed E-state index contributed by atoms with van der Waals surface area (Å²) in [7, 11) is 0. The molecule has 18 heteroatoms. The van der Waals surface area contributed by atoms with Gasteiger partial charge in [0.25, 0.3) is 0 Å². The molecule has 2 aromatic carbocycles. The van der Waals surface area contributed by atoms with Gasteiger partial charge in [0, 0.05) is 17.7 Å². The van der Waals surface area contributed by atoms with Gasteiger partial charge in [0.1, 0.15) is 90.6 Å². The molecule has 1 unspecified atom stereocenters. The number of hydrogen-bond donors (Lipinski definition) is 10. The fourth-order valence-electron chi connectivity index (χ4n) is 5.23. The molecule has 5 rings (SSSR count). The van der Waals surface area contributed by atoms with Crippen LogP contribution in [0.3, 0.4) is 0 Å². The van der Waals surface area contributed by atoms with Crippen LogP contribution in [0.1, 0.15) is 23.7 Å². The van der Waals surface area contributed by atoms with E-state index in [-0.39, 0.29) is 28.6 Å². The van der Waals surface area contributed by atoms with Crippen LogP contribution < -0.4 is 9.47 Å². The van der Waals surface area contributed by atoms with Gasteiger partial charge < -0.3 is 79.5 Å². The molecule has 3 aliphatic heterocycles. The Labute approximate surface area is 270 Å². The molecule has 2 saturated heterocycles. The highest BCUT2D eigenvalue weighted by Gasteiger charge is 2.47. The summed E-state index contributed by atoms with van der Waals surface area (Å²) in [5.74, 6) is -3.45. The minimum Gasteiger partial charge on any atom is -0.508 e. The minimum absolute atomic E-state index is 0.0192. The van der Waals surface area contributed by atoms with E-state index in [1.165, 1.54) is 36.4 Å². The van der Waals surface area contributed by atoms with E-state index < -0.39 is 105 Å². The van der Waals surface area contributed by atoms with Gasteiger partial charge in [-0.2, -0.15) is 0 Å². The van der Waals surface area contributed by atoms with Gasteiger partial charge in [0.05, 0.1) is 12.2 Å². The van der Waals surface area contributed by atoms with Gasteiger partial charge in [-0.25, -0.2) is 0 Å². The summed E-state index contributed by atoms with van der Waals surface area (Å²) in [5.41, 5.74) is 0.437. The number of esters is 1. The van der Waals surface area contributed by atoms with Gasteiger partial charge in [-0.1, -0.05) is 12.1 Å². The van der Waals surface area contributed by atoms with E-state index >= 15 is 0 Å². The van der Waals surface area contributed by atoms with Crippen molar-refractivity contribution in [1.29, 1.82) is 0 Å². The summed E-state index contributed by atoms with van der Waals surface area (Å²) in [6.07, 6.45) is -17.8. The number of carbonyl (C=O) groups excluding carboxylic acids is 1. The summed E-state index contributed by atoms with van der Waals surface area (Å²) in [6, 6.07) is 7.97. The third-order valence-electron chi connectivity index (χ3n) is 7.79. The summed E-state index contributed by atoms with van der Waals surface area (Å²) in [5, 5.41) is 101. The number of fused-ring (bicyclic) bond motifs is 1. The molecule has 0 aliphatic carbocycles. The van der Waals surface area contributed by atoms with E-state index in [0.29, 0.717) is 5.56 Å². The highest BCUT2D eigenvalue weighted by molar-refractivity contribution is 5.90. The number of hydrogen-bond acceptors (Lipinski definition) is 17.